The van der Waals surface area contributed by atoms with Gasteiger partial charge in [0.15, 0.2) is 11.5 Å². The quantitative estimate of drug-likeness (QED) is 0.894. The third kappa shape index (κ3) is 3.64. The summed E-state index contributed by atoms with van der Waals surface area (Å²) in [7, 11) is 3.35. The minimum atomic E-state index is 0.587. The first-order valence-electron chi connectivity index (χ1n) is 7.30. The maximum absolute atomic E-state index is 5.37. The summed E-state index contributed by atoms with van der Waals surface area (Å²) in [6, 6.07) is 6.76. The molecule has 1 aliphatic rings. The Balaban J connectivity index is 2.02. The summed E-state index contributed by atoms with van der Waals surface area (Å²) in [4.78, 5) is 2.50. The Morgan fingerprint density at radius 3 is 2.65 bits per heavy atom. The Kier molecular flexibility index (Phi) is 5.26. The lowest BCUT2D eigenvalue weighted by atomic mass is 10.0. The molecule has 0 saturated carbocycles. The molecule has 4 heteroatoms. The average molecular weight is 278 g/mol. The molecule has 1 aliphatic heterocycles. The molecule has 1 fully saturated rings. The lowest BCUT2D eigenvalue weighted by Crippen LogP contribution is -2.52. The first-order chi connectivity index (χ1) is 9.63. The number of piperazine rings is 1. The van der Waals surface area contributed by atoms with Gasteiger partial charge in [0.1, 0.15) is 0 Å². The van der Waals surface area contributed by atoms with E-state index in [0.717, 1.165) is 37.7 Å². The van der Waals surface area contributed by atoms with Crippen LogP contribution in [0.1, 0.15) is 19.4 Å². The van der Waals surface area contributed by atoms with Crippen LogP contribution < -0.4 is 14.8 Å². The molecule has 0 radical (unpaired) electrons. The molecule has 2 rings (SSSR count). The van der Waals surface area contributed by atoms with E-state index < -0.39 is 0 Å². The molecule has 1 aromatic rings. The predicted molar refractivity (Wildman–Crippen MR) is 81.5 cm³/mol. The number of nitrogens with one attached hydrogen (secondary N) is 1. The van der Waals surface area contributed by atoms with Crippen molar-refractivity contribution in [2.45, 2.75) is 26.4 Å². The van der Waals surface area contributed by atoms with Crippen LogP contribution in [0.25, 0.3) is 0 Å². The van der Waals surface area contributed by atoms with Gasteiger partial charge in [-0.05, 0) is 23.6 Å². The van der Waals surface area contributed by atoms with E-state index in [1.165, 1.54) is 5.56 Å². The van der Waals surface area contributed by atoms with Gasteiger partial charge >= 0.3 is 0 Å². The van der Waals surface area contributed by atoms with Crippen LogP contribution >= 0.6 is 0 Å². The number of hydrogen-bond acceptors (Lipinski definition) is 4. The van der Waals surface area contributed by atoms with Crippen molar-refractivity contribution in [3.63, 3.8) is 0 Å². The zero-order valence-corrected chi connectivity index (χ0v) is 13.0. The number of benzene rings is 1. The molecule has 0 bridgehead atoms. The van der Waals surface area contributed by atoms with Crippen molar-refractivity contribution in [3.05, 3.63) is 23.8 Å². The highest BCUT2D eigenvalue weighted by atomic mass is 16.5. The summed E-state index contributed by atoms with van der Waals surface area (Å²) in [5.74, 6) is 2.26. The van der Waals surface area contributed by atoms with E-state index >= 15 is 0 Å². The van der Waals surface area contributed by atoms with Crippen molar-refractivity contribution in [1.82, 2.24) is 10.2 Å². The largest absolute Gasteiger partial charge is 0.493 e. The van der Waals surface area contributed by atoms with Gasteiger partial charge in [-0.2, -0.15) is 0 Å². The topological polar surface area (TPSA) is 33.7 Å². The van der Waals surface area contributed by atoms with E-state index in [0.29, 0.717) is 12.0 Å². The molecule has 0 aliphatic carbocycles. The summed E-state index contributed by atoms with van der Waals surface area (Å²) < 4.78 is 10.7. The van der Waals surface area contributed by atoms with Crippen molar-refractivity contribution >= 4 is 0 Å². The minimum Gasteiger partial charge on any atom is -0.493 e. The third-order valence-corrected chi connectivity index (χ3v) is 3.95. The molecule has 1 N–H and O–H groups in total. The molecular weight excluding hydrogens is 252 g/mol. The zero-order valence-electron chi connectivity index (χ0n) is 13.0. The van der Waals surface area contributed by atoms with E-state index in [2.05, 4.69) is 36.2 Å². The number of ether oxygens (including phenoxy) is 2. The van der Waals surface area contributed by atoms with Crippen molar-refractivity contribution < 1.29 is 9.47 Å². The smallest absolute Gasteiger partial charge is 0.161 e. The van der Waals surface area contributed by atoms with Gasteiger partial charge in [0, 0.05) is 32.2 Å². The van der Waals surface area contributed by atoms with E-state index in [1.807, 2.05) is 6.07 Å². The molecule has 0 aromatic heterocycles. The van der Waals surface area contributed by atoms with Crippen LogP contribution in [-0.2, 0) is 6.54 Å². The lowest BCUT2D eigenvalue weighted by molar-refractivity contribution is 0.168. The fraction of sp³-hybridized carbons (Fsp3) is 0.625. The third-order valence-electron chi connectivity index (χ3n) is 3.95. The second kappa shape index (κ2) is 6.95. The Morgan fingerprint density at radius 2 is 2.00 bits per heavy atom. The Labute approximate surface area is 122 Å². The second-order valence-corrected chi connectivity index (χ2v) is 5.73. The van der Waals surface area contributed by atoms with Crippen LogP contribution in [0.2, 0.25) is 0 Å². The van der Waals surface area contributed by atoms with E-state index in [9.17, 15) is 0 Å². The van der Waals surface area contributed by atoms with E-state index in [1.54, 1.807) is 14.2 Å². The van der Waals surface area contributed by atoms with Gasteiger partial charge in [0.2, 0.25) is 0 Å². The van der Waals surface area contributed by atoms with Crippen LogP contribution in [0.3, 0.4) is 0 Å². The van der Waals surface area contributed by atoms with Gasteiger partial charge in [0.25, 0.3) is 0 Å². The Hall–Kier alpha value is -1.26. The highest BCUT2D eigenvalue weighted by Crippen LogP contribution is 2.28. The number of hydrogen-bond donors (Lipinski definition) is 1. The molecule has 0 spiro atoms. The van der Waals surface area contributed by atoms with Crippen molar-refractivity contribution in [2.75, 3.05) is 33.9 Å². The monoisotopic (exact) mass is 278 g/mol. The second-order valence-electron chi connectivity index (χ2n) is 5.73. The van der Waals surface area contributed by atoms with Crippen LogP contribution in [0, 0.1) is 5.92 Å². The lowest BCUT2D eigenvalue weighted by Gasteiger charge is -2.35. The Bertz CT molecular complexity index is 434. The zero-order chi connectivity index (χ0) is 14.5. The molecule has 1 unspecified atom stereocenters. The summed E-state index contributed by atoms with van der Waals surface area (Å²) >= 11 is 0. The van der Waals surface area contributed by atoms with Crippen LogP contribution in [0.5, 0.6) is 11.5 Å². The van der Waals surface area contributed by atoms with Crippen molar-refractivity contribution in [1.29, 1.82) is 0 Å². The molecular formula is C16H26N2O2. The molecule has 0 amide bonds. The van der Waals surface area contributed by atoms with E-state index in [4.69, 9.17) is 9.47 Å². The maximum Gasteiger partial charge on any atom is 0.161 e. The molecule has 112 valence electrons. The molecule has 4 nitrogen and oxygen atoms in total. The first kappa shape index (κ1) is 15.1. The molecule has 20 heavy (non-hydrogen) atoms. The standard InChI is InChI=1S/C16H26N2O2/c1-12(2)14-11-18(8-7-17-14)10-13-5-6-15(19-3)16(9-13)20-4/h5-6,9,12,14,17H,7-8,10-11H2,1-4H3. The highest BCUT2D eigenvalue weighted by molar-refractivity contribution is 5.42. The highest BCUT2D eigenvalue weighted by Gasteiger charge is 2.21. The van der Waals surface area contributed by atoms with Gasteiger partial charge < -0.3 is 14.8 Å². The number of nitrogens with zero attached hydrogens (tertiary/aromatic N) is 1. The van der Waals surface area contributed by atoms with Crippen LogP contribution in [0.15, 0.2) is 18.2 Å². The van der Waals surface area contributed by atoms with Crippen LogP contribution in [0.4, 0.5) is 0 Å². The number of methoxy groups -OCH3 is 2. The van der Waals surface area contributed by atoms with Gasteiger partial charge in [-0.15, -0.1) is 0 Å². The van der Waals surface area contributed by atoms with Gasteiger partial charge in [-0.1, -0.05) is 19.9 Å². The summed E-state index contributed by atoms with van der Waals surface area (Å²) in [5, 5.41) is 3.59. The summed E-state index contributed by atoms with van der Waals surface area (Å²) in [5.41, 5.74) is 1.27. The molecule has 1 aromatic carbocycles. The SMILES string of the molecule is COc1ccc(CN2CCNC(C(C)C)C2)cc1OC. The molecule has 1 atom stereocenters. The van der Waals surface area contributed by atoms with Gasteiger partial charge in [-0.3, -0.25) is 4.90 Å². The minimum absolute atomic E-state index is 0.587. The number of rotatable bonds is 5. The fourth-order valence-electron chi connectivity index (χ4n) is 2.67. The van der Waals surface area contributed by atoms with Crippen LogP contribution in [-0.4, -0.2) is 44.8 Å². The normalized spacial score (nSPS) is 20.1. The summed E-state index contributed by atoms with van der Waals surface area (Å²) in [6.45, 7) is 8.78. The van der Waals surface area contributed by atoms with E-state index in [-0.39, 0.29) is 0 Å². The van der Waals surface area contributed by atoms with Crippen molar-refractivity contribution in [3.8, 4) is 11.5 Å². The fourth-order valence-corrected chi connectivity index (χ4v) is 2.67. The van der Waals surface area contributed by atoms with Gasteiger partial charge in [-0.25, -0.2) is 0 Å². The predicted octanol–water partition coefficient (Wildman–Crippen LogP) is 2.13. The molecule has 1 saturated heterocycles. The average Bonchev–Trinajstić information content (AvgIpc) is 2.47. The maximum atomic E-state index is 5.37. The van der Waals surface area contributed by atoms with Crippen molar-refractivity contribution in [2.24, 2.45) is 5.92 Å². The summed E-state index contributed by atoms with van der Waals surface area (Å²) in [6.07, 6.45) is 0. The first-order valence-corrected chi connectivity index (χ1v) is 7.30. The van der Waals surface area contributed by atoms with Gasteiger partial charge in [0.05, 0.1) is 14.2 Å². The molecule has 1 heterocycles. The Morgan fingerprint density at radius 1 is 1.25 bits per heavy atom.